The van der Waals surface area contributed by atoms with Crippen LogP contribution in [0.25, 0.3) is 11.3 Å². The quantitative estimate of drug-likeness (QED) is 0.626. The van der Waals surface area contributed by atoms with E-state index in [0.717, 1.165) is 39.7 Å². The van der Waals surface area contributed by atoms with Gasteiger partial charge in [0.15, 0.2) is 5.69 Å². The van der Waals surface area contributed by atoms with E-state index in [2.05, 4.69) is 33.7 Å². The number of hydrogen-bond acceptors (Lipinski definition) is 2. The van der Waals surface area contributed by atoms with E-state index in [1.165, 1.54) is 0 Å². The summed E-state index contributed by atoms with van der Waals surface area (Å²) in [6.45, 7) is 2.04. The van der Waals surface area contributed by atoms with Gasteiger partial charge in [0.25, 0.3) is 0 Å². The first kappa shape index (κ1) is 14.5. The minimum atomic E-state index is 0. The van der Waals surface area contributed by atoms with E-state index < -0.39 is 0 Å². The van der Waals surface area contributed by atoms with E-state index in [9.17, 15) is 0 Å². The lowest BCUT2D eigenvalue weighted by Crippen LogP contribution is -3.00. The number of hydrogen-bond donors (Lipinski definition) is 2. The van der Waals surface area contributed by atoms with Gasteiger partial charge >= 0.3 is 0 Å². The summed E-state index contributed by atoms with van der Waals surface area (Å²) in [6, 6.07) is 18.4. The van der Waals surface area contributed by atoms with Gasteiger partial charge < -0.3 is 12.4 Å². The van der Waals surface area contributed by atoms with Crippen molar-refractivity contribution >= 4 is 17.2 Å². The topological polar surface area (TPSA) is 57.6 Å². The number of benzene rings is 2. The number of nitrogens with two attached hydrogens (primary N) is 1. The Balaban J connectivity index is 0.00000144. The third kappa shape index (κ3) is 2.32. The van der Waals surface area contributed by atoms with Crippen LogP contribution in [0.1, 0.15) is 11.3 Å². The summed E-state index contributed by atoms with van der Waals surface area (Å²) in [5.74, 6) is 0.973. The van der Waals surface area contributed by atoms with Crippen LogP contribution in [0, 0.1) is 6.92 Å². The first-order valence-corrected chi connectivity index (χ1v) is 6.96. The van der Waals surface area contributed by atoms with Crippen molar-refractivity contribution in [2.75, 3.05) is 0 Å². The molecule has 5 heteroatoms. The lowest BCUT2D eigenvalue weighted by Gasteiger charge is -2.01. The molecule has 0 radical (unpaired) electrons. The van der Waals surface area contributed by atoms with E-state index in [4.69, 9.17) is 4.99 Å². The van der Waals surface area contributed by atoms with Crippen molar-refractivity contribution in [3.8, 4) is 11.3 Å². The molecular weight excluding hydrogens is 296 g/mol. The van der Waals surface area contributed by atoms with Crippen LogP contribution in [-0.4, -0.2) is 16.0 Å². The molecule has 0 bridgehead atoms. The first-order valence-electron chi connectivity index (χ1n) is 6.96. The van der Waals surface area contributed by atoms with Gasteiger partial charge in [-0.3, -0.25) is 10.4 Å². The van der Waals surface area contributed by atoms with Gasteiger partial charge in [-0.1, -0.05) is 42.5 Å². The molecule has 1 aliphatic rings. The summed E-state index contributed by atoms with van der Waals surface area (Å²) < 4.78 is 0. The maximum atomic E-state index is 4.74. The van der Waals surface area contributed by atoms with E-state index in [1.807, 2.05) is 43.3 Å². The molecule has 0 saturated heterocycles. The lowest BCUT2D eigenvalue weighted by molar-refractivity contribution is -0.437. The number of fused-ring (bicyclic) bond motifs is 1. The fourth-order valence-corrected chi connectivity index (χ4v) is 2.70. The van der Waals surface area contributed by atoms with Crippen molar-refractivity contribution in [2.45, 2.75) is 6.92 Å². The largest absolute Gasteiger partial charge is 1.00 e. The molecule has 0 unspecified atom stereocenters. The average molecular weight is 311 g/mol. The maximum Gasteiger partial charge on any atom is 0.241 e. The van der Waals surface area contributed by atoms with Crippen LogP contribution in [0.5, 0.6) is 0 Å². The van der Waals surface area contributed by atoms with Gasteiger partial charge in [-0.15, -0.1) is 0 Å². The summed E-state index contributed by atoms with van der Waals surface area (Å²) in [5.41, 5.74) is 6.35. The van der Waals surface area contributed by atoms with E-state index in [0.29, 0.717) is 0 Å². The molecular formula is C17H15ClN4. The highest BCUT2D eigenvalue weighted by molar-refractivity contribution is 6.03. The third-order valence-corrected chi connectivity index (χ3v) is 3.72. The lowest BCUT2D eigenvalue weighted by atomic mass is 10.1. The highest BCUT2D eigenvalue weighted by Crippen LogP contribution is 2.28. The molecule has 3 aromatic rings. The third-order valence-electron chi connectivity index (χ3n) is 3.72. The van der Waals surface area contributed by atoms with Crippen LogP contribution in [0.2, 0.25) is 0 Å². The molecule has 2 heterocycles. The summed E-state index contributed by atoms with van der Waals surface area (Å²) in [5, 5.41) is 9.68. The van der Waals surface area contributed by atoms with Crippen LogP contribution < -0.4 is 17.7 Å². The fourth-order valence-electron chi connectivity index (χ4n) is 2.70. The van der Waals surface area contributed by atoms with Gasteiger partial charge in [-0.2, -0.15) is 10.1 Å². The first-order chi connectivity index (χ1) is 10.3. The molecule has 22 heavy (non-hydrogen) atoms. The highest BCUT2D eigenvalue weighted by atomic mass is 35.5. The number of H-pyrrole nitrogens is 1. The standard InChI is InChI=1S/C17H14N4.ClH/c1-11-15(16(21-20-11)12-7-3-2-4-8-12)17-18-13-9-5-6-10-14(13)19-17;/h2-10H,1H3,(H,18,19)(H,20,21);1H. The summed E-state index contributed by atoms with van der Waals surface area (Å²) >= 11 is 0. The Kier molecular flexibility index (Phi) is 3.79. The zero-order valence-electron chi connectivity index (χ0n) is 12.0. The fraction of sp³-hybridized carbons (Fsp3) is 0.0588. The molecule has 0 fully saturated rings. The summed E-state index contributed by atoms with van der Waals surface area (Å²) in [4.78, 5) is 4.74. The molecule has 1 aliphatic heterocycles. The Morgan fingerprint density at radius 3 is 2.45 bits per heavy atom. The van der Waals surface area contributed by atoms with Crippen LogP contribution >= 0.6 is 0 Å². The molecule has 3 N–H and O–H groups in total. The van der Waals surface area contributed by atoms with Crippen molar-refractivity contribution < 1.29 is 17.7 Å². The SMILES string of the molecule is Cc1[nH]nc(-c2ccccc2)c1C1=Nc2ccccc2[NH2+]1.[Cl-]. The van der Waals surface area contributed by atoms with Gasteiger partial charge in [0, 0.05) is 17.3 Å². The molecule has 0 aliphatic carbocycles. The predicted octanol–water partition coefficient (Wildman–Crippen LogP) is -0.324. The van der Waals surface area contributed by atoms with Gasteiger partial charge in [0.05, 0.1) is 0 Å². The van der Waals surface area contributed by atoms with E-state index in [-0.39, 0.29) is 12.4 Å². The average Bonchev–Trinajstić information content (AvgIpc) is 3.11. The molecule has 2 aromatic carbocycles. The van der Waals surface area contributed by atoms with E-state index >= 15 is 0 Å². The number of aromatic nitrogens is 2. The number of nitrogens with zero attached hydrogens (tertiary/aromatic N) is 2. The molecule has 0 saturated carbocycles. The van der Waals surface area contributed by atoms with Crippen LogP contribution in [-0.2, 0) is 0 Å². The number of quaternary nitrogens is 1. The number of amidine groups is 1. The zero-order valence-corrected chi connectivity index (χ0v) is 12.8. The Hall–Kier alpha value is -2.43. The van der Waals surface area contributed by atoms with Crippen LogP contribution in [0.4, 0.5) is 11.4 Å². The molecule has 0 atom stereocenters. The number of nitrogens with one attached hydrogen (secondary N) is 1. The van der Waals surface area contributed by atoms with Gasteiger partial charge in [0.1, 0.15) is 16.9 Å². The Labute approximate surface area is 134 Å². The summed E-state index contributed by atoms with van der Waals surface area (Å²) in [7, 11) is 0. The number of aryl methyl sites for hydroxylation is 1. The minimum absolute atomic E-state index is 0. The second kappa shape index (κ2) is 5.75. The second-order valence-corrected chi connectivity index (χ2v) is 5.14. The van der Waals surface area contributed by atoms with Crippen molar-refractivity contribution in [3.63, 3.8) is 0 Å². The number of aromatic amines is 1. The molecule has 110 valence electrons. The number of aliphatic imine (C=N–C) groups is 1. The van der Waals surface area contributed by atoms with Crippen LogP contribution in [0.3, 0.4) is 0 Å². The van der Waals surface area contributed by atoms with Crippen molar-refractivity contribution in [3.05, 3.63) is 65.9 Å². The molecule has 4 nitrogen and oxygen atoms in total. The number of halogens is 1. The van der Waals surface area contributed by atoms with Gasteiger partial charge in [-0.25, -0.2) is 0 Å². The zero-order chi connectivity index (χ0) is 14.2. The molecule has 0 amide bonds. The van der Waals surface area contributed by atoms with Gasteiger partial charge in [-0.05, 0) is 13.0 Å². The van der Waals surface area contributed by atoms with E-state index in [1.54, 1.807) is 0 Å². The Bertz CT molecular complexity index is 837. The van der Waals surface area contributed by atoms with Crippen molar-refractivity contribution in [1.29, 1.82) is 0 Å². The maximum absolute atomic E-state index is 4.74. The smallest absolute Gasteiger partial charge is 0.241 e. The normalized spacial score (nSPS) is 12.5. The Morgan fingerprint density at radius 1 is 0.955 bits per heavy atom. The minimum Gasteiger partial charge on any atom is -1.00 e. The second-order valence-electron chi connectivity index (χ2n) is 5.14. The molecule has 4 rings (SSSR count). The van der Waals surface area contributed by atoms with Gasteiger partial charge in [0.2, 0.25) is 5.84 Å². The highest BCUT2D eigenvalue weighted by Gasteiger charge is 2.26. The van der Waals surface area contributed by atoms with Crippen molar-refractivity contribution in [2.24, 2.45) is 4.99 Å². The number of rotatable bonds is 2. The molecule has 1 aromatic heterocycles. The van der Waals surface area contributed by atoms with Crippen LogP contribution in [0.15, 0.2) is 59.6 Å². The Morgan fingerprint density at radius 2 is 1.68 bits per heavy atom. The molecule has 0 spiro atoms. The monoisotopic (exact) mass is 310 g/mol. The van der Waals surface area contributed by atoms with Crippen molar-refractivity contribution in [1.82, 2.24) is 10.2 Å². The summed E-state index contributed by atoms with van der Waals surface area (Å²) in [6.07, 6.45) is 0. The number of para-hydroxylation sites is 2. The predicted molar refractivity (Wildman–Crippen MR) is 83.0 cm³/mol.